The van der Waals surface area contributed by atoms with Gasteiger partial charge in [0, 0.05) is 16.5 Å². The van der Waals surface area contributed by atoms with E-state index < -0.39 is 46.0 Å². The quantitative estimate of drug-likeness (QED) is 0.258. The summed E-state index contributed by atoms with van der Waals surface area (Å²) in [5, 5.41) is 16.0. The van der Waals surface area contributed by atoms with E-state index in [4.69, 9.17) is 20.3 Å². The first-order valence-electron chi connectivity index (χ1n) is 20.7. The molecule has 3 saturated carbocycles. The lowest BCUT2D eigenvalue weighted by Crippen LogP contribution is -2.70. The van der Waals surface area contributed by atoms with Gasteiger partial charge in [-0.3, -0.25) is 4.79 Å². The Morgan fingerprint density at radius 2 is 1.76 bits per heavy atom. The topological polar surface area (TPSA) is 112 Å². The molecule has 0 radical (unpaired) electrons. The molecule has 4 aliphatic carbocycles. The summed E-state index contributed by atoms with van der Waals surface area (Å²) in [6.07, 6.45) is 8.61. The molecule has 1 aromatic heterocycles. The second-order valence-electron chi connectivity index (χ2n) is 21.2. The predicted molar refractivity (Wildman–Crippen MR) is 210 cm³/mol. The first kappa shape index (κ1) is 40.5. The van der Waals surface area contributed by atoms with Crippen LogP contribution in [0, 0.1) is 73.7 Å². The molecule has 10 heteroatoms. The summed E-state index contributed by atoms with van der Waals surface area (Å²) in [6, 6.07) is 3.56. The molecule has 8 nitrogen and oxygen atoms in total. The van der Waals surface area contributed by atoms with Crippen LogP contribution in [-0.4, -0.2) is 57.3 Å². The zero-order valence-electron chi connectivity index (χ0n) is 35.1. The predicted octanol–water partition coefficient (Wildman–Crippen LogP) is 9.50. The number of aliphatic carboxylic acids is 1. The van der Waals surface area contributed by atoms with Crippen molar-refractivity contribution in [3.8, 4) is 11.4 Å². The third-order valence-corrected chi connectivity index (χ3v) is 17.4. The lowest BCUT2D eigenvalue weighted by atomic mass is 9.34. The number of hydrogen-bond acceptors (Lipinski definition) is 6. The standard InChI is InChI=1S/C45H66F2N4O4/c1-26(2)27(3)41(8)18-19-42(9)29-13-15-34-40(7)21-33(51-37(49-25-50-51)28-12-14-31(46)32(47)20-28)36(55-23-44(11,48)39(4,5)6)45(34,24-54-22-40)30(29)16-17-43(42,10)35(41)38(52)53/h12,14,16,20,25-27,29,33-36H,13,15,17-19,21-24,48H2,1-11H3,(H,52,53)/t27-,29+,33-,34-,35-,36+,40-,41-,42-,43+,44+,45+/m1/s1. The molecule has 304 valence electrons. The maximum atomic E-state index is 14.7. The summed E-state index contributed by atoms with van der Waals surface area (Å²) in [4.78, 5) is 18.3. The number of nitrogens with zero attached hydrogens (tertiary/aromatic N) is 3. The van der Waals surface area contributed by atoms with E-state index in [1.165, 1.54) is 18.0 Å². The van der Waals surface area contributed by atoms with Crippen LogP contribution in [0.5, 0.6) is 0 Å². The van der Waals surface area contributed by atoms with Crippen LogP contribution in [0.4, 0.5) is 8.78 Å². The Morgan fingerprint density at radius 1 is 1.05 bits per heavy atom. The molecule has 1 aliphatic heterocycles. The summed E-state index contributed by atoms with van der Waals surface area (Å²) in [5.74, 6) is -1.58. The minimum Gasteiger partial charge on any atom is -0.481 e. The molecule has 55 heavy (non-hydrogen) atoms. The normalized spacial score (nSPS) is 40.3. The van der Waals surface area contributed by atoms with Gasteiger partial charge in [-0.2, -0.15) is 5.10 Å². The van der Waals surface area contributed by atoms with Gasteiger partial charge in [-0.1, -0.05) is 80.9 Å². The Morgan fingerprint density at radius 3 is 2.40 bits per heavy atom. The third-order valence-electron chi connectivity index (χ3n) is 17.4. The number of rotatable bonds is 8. The Kier molecular flexibility index (Phi) is 9.70. The van der Waals surface area contributed by atoms with Crippen LogP contribution in [-0.2, 0) is 14.3 Å². The van der Waals surface area contributed by atoms with Crippen LogP contribution in [0.2, 0.25) is 0 Å². The summed E-state index contributed by atoms with van der Waals surface area (Å²) in [6.45, 7) is 25.7. The van der Waals surface area contributed by atoms with Crippen LogP contribution < -0.4 is 5.73 Å². The van der Waals surface area contributed by atoms with E-state index in [9.17, 15) is 18.7 Å². The number of benzene rings is 1. The lowest BCUT2D eigenvalue weighted by Gasteiger charge is -2.71. The second-order valence-corrected chi connectivity index (χ2v) is 21.2. The zero-order valence-corrected chi connectivity index (χ0v) is 35.1. The smallest absolute Gasteiger partial charge is 0.307 e. The Balaban J connectivity index is 1.41. The molecule has 3 N–H and O–H groups in total. The maximum absolute atomic E-state index is 14.7. The van der Waals surface area contributed by atoms with Gasteiger partial charge in [-0.15, -0.1) is 0 Å². The van der Waals surface area contributed by atoms with Gasteiger partial charge < -0.3 is 20.3 Å². The van der Waals surface area contributed by atoms with Gasteiger partial charge in [0.25, 0.3) is 0 Å². The van der Waals surface area contributed by atoms with Crippen molar-refractivity contribution < 1.29 is 28.2 Å². The summed E-state index contributed by atoms with van der Waals surface area (Å²) >= 11 is 0. The molecule has 1 aromatic carbocycles. The first-order chi connectivity index (χ1) is 25.5. The third kappa shape index (κ3) is 5.75. The largest absolute Gasteiger partial charge is 0.481 e. The van der Waals surface area contributed by atoms with Crippen molar-refractivity contribution in [2.45, 2.75) is 132 Å². The van der Waals surface area contributed by atoms with Crippen molar-refractivity contribution in [1.29, 1.82) is 0 Å². The molecule has 2 aromatic rings. The van der Waals surface area contributed by atoms with Gasteiger partial charge in [0.1, 0.15) is 6.33 Å². The van der Waals surface area contributed by atoms with Crippen LogP contribution in [0.15, 0.2) is 36.2 Å². The van der Waals surface area contributed by atoms with E-state index >= 15 is 0 Å². The fourth-order valence-electron chi connectivity index (χ4n) is 12.9. The SMILES string of the molecule is CC(C)[C@@H](C)[C@@]1(C)CC[C@]2(C)[C@H]3CC[C@@H]4[C@@]5(C)COC[C@@]4(C3=CC[C@@]2(C)[C@@H]1C(=O)O)[C@@H](OC[C@](C)(N)C(C)(C)C)[C@H](n1ncnc1-c1ccc(F)c(F)c1)C5. The molecule has 0 amide bonds. The van der Waals surface area contributed by atoms with Crippen LogP contribution in [0.3, 0.4) is 0 Å². The van der Waals surface area contributed by atoms with E-state index in [-0.39, 0.29) is 52.1 Å². The molecule has 0 unspecified atom stereocenters. The average molecular weight is 765 g/mol. The number of aromatic nitrogens is 3. The maximum Gasteiger partial charge on any atom is 0.307 e. The van der Waals surface area contributed by atoms with Crippen LogP contribution in [0.25, 0.3) is 11.4 Å². The Bertz CT molecular complexity index is 1850. The Hall–Kier alpha value is -2.69. The summed E-state index contributed by atoms with van der Waals surface area (Å²) in [7, 11) is 0. The molecule has 4 fully saturated rings. The molecular formula is C45H66F2N4O4. The van der Waals surface area contributed by atoms with E-state index in [1.807, 2.05) is 11.6 Å². The highest BCUT2D eigenvalue weighted by atomic mass is 19.2. The van der Waals surface area contributed by atoms with Gasteiger partial charge >= 0.3 is 5.97 Å². The number of halogens is 2. The number of nitrogens with two attached hydrogens (primary N) is 1. The van der Waals surface area contributed by atoms with Gasteiger partial charge in [-0.05, 0) is 114 Å². The summed E-state index contributed by atoms with van der Waals surface area (Å²) < 4.78 is 44.9. The average Bonchev–Trinajstić information content (AvgIpc) is 3.58. The number of fused-ring (bicyclic) bond motifs is 3. The highest BCUT2D eigenvalue weighted by Gasteiger charge is 2.73. The van der Waals surface area contributed by atoms with Crippen molar-refractivity contribution in [3.05, 3.63) is 47.8 Å². The molecule has 2 bridgehead atoms. The highest BCUT2D eigenvalue weighted by molar-refractivity contribution is 5.73. The number of carboxylic acid groups (broad SMARTS) is 1. The van der Waals surface area contributed by atoms with Crippen molar-refractivity contribution in [2.24, 2.45) is 67.8 Å². The number of allylic oxidation sites excluding steroid dienone is 1. The number of carbonyl (C=O) groups is 1. The molecule has 2 heterocycles. The molecule has 12 atom stereocenters. The Labute approximate surface area is 327 Å². The highest BCUT2D eigenvalue weighted by Crippen LogP contribution is 2.75. The van der Waals surface area contributed by atoms with Crippen molar-refractivity contribution in [3.63, 3.8) is 0 Å². The molecule has 1 saturated heterocycles. The zero-order chi connectivity index (χ0) is 40.3. The van der Waals surface area contributed by atoms with Gasteiger partial charge in [0.2, 0.25) is 0 Å². The number of carboxylic acids is 1. The molecule has 0 spiro atoms. The first-order valence-corrected chi connectivity index (χ1v) is 20.7. The molecule has 7 rings (SSSR count). The molecule has 5 aliphatic rings. The number of ether oxygens (including phenoxy) is 2. The fourth-order valence-corrected chi connectivity index (χ4v) is 12.9. The minimum absolute atomic E-state index is 0.132. The lowest BCUT2D eigenvalue weighted by molar-refractivity contribution is -0.255. The van der Waals surface area contributed by atoms with Crippen LogP contribution in [0.1, 0.15) is 121 Å². The van der Waals surface area contributed by atoms with E-state index in [1.54, 1.807) is 6.07 Å². The summed E-state index contributed by atoms with van der Waals surface area (Å²) in [5.41, 5.74) is 6.04. The minimum atomic E-state index is -0.937. The van der Waals surface area contributed by atoms with E-state index in [0.717, 1.165) is 31.7 Å². The fraction of sp³-hybridized carbons (Fsp3) is 0.756. The number of hydrogen-bond donors (Lipinski definition) is 2. The molecular weight excluding hydrogens is 699 g/mol. The monoisotopic (exact) mass is 765 g/mol. The van der Waals surface area contributed by atoms with Gasteiger partial charge in [0.15, 0.2) is 17.5 Å². The van der Waals surface area contributed by atoms with Crippen molar-refractivity contribution in [1.82, 2.24) is 14.8 Å². The van der Waals surface area contributed by atoms with Crippen LogP contribution >= 0.6 is 0 Å². The van der Waals surface area contributed by atoms with Crippen molar-refractivity contribution in [2.75, 3.05) is 19.8 Å². The van der Waals surface area contributed by atoms with E-state index in [0.29, 0.717) is 43.4 Å². The van der Waals surface area contributed by atoms with Crippen molar-refractivity contribution >= 4 is 5.97 Å². The second kappa shape index (κ2) is 13.2. The van der Waals surface area contributed by atoms with E-state index in [2.05, 4.69) is 80.3 Å². The van der Waals surface area contributed by atoms with Gasteiger partial charge in [-0.25, -0.2) is 18.4 Å². The van der Waals surface area contributed by atoms with Gasteiger partial charge in [0.05, 0.1) is 37.9 Å².